The van der Waals surface area contributed by atoms with Crippen LogP contribution in [-0.4, -0.2) is 48.9 Å². The monoisotopic (exact) mass is 668 g/mol. The molecule has 0 bridgehead atoms. The van der Waals surface area contributed by atoms with Crippen LogP contribution in [0.25, 0.3) is 0 Å². The van der Waals surface area contributed by atoms with E-state index in [1.165, 1.54) is 20.3 Å². The third kappa shape index (κ3) is 5.60. The minimum atomic E-state index is -0.739. The van der Waals surface area contributed by atoms with Crippen molar-refractivity contribution in [1.29, 1.82) is 0 Å². The van der Waals surface area contributed by atoms with Crippen LogP contribution in [0, 0.1) is 0 Å². The summed E-state index contributed by atoms with van der Waals surface area (Å²) in [7, 11) is 2.84. The lowest BCUT2D eigenvalue weighted by molar-refractivity contribution is 0.00651. The standard InChI is InChI=1S/C22H21BrO6.C14H8O2/c1-22(2,3)29-21(26)18-13(10-23)16-12(9-15(18)28-5)19(24)11-7-6-8-14(27-4)17(11)20(16)25;15-13-9-5-1-2-6-10(9)14(16)12-8-4-3-7-11(12)13/h6-9H,10H2,1-5H3;1-8H. The van der Waals surface area contributed by atoms with Gasteiger partial charge in [-0.1, -0.05) is 76.6 Å². The van der Waals surface area contributed by atoms with Crippen LogP contribution in [0.1, 0.15) is 100 Å². The summed E-state index contributed by atoms with van der Waals surface area (Å²) >= 11 is 3.36. The second-order valence-corrected chi connectivity index (χ2v) is 11.8. The molecule has 4 aromatic rings. The van der Waals surface area contributed by atoms with Gasteiger partial charge in [0.25, 0.3) is 0 Å². The Morgan fingerprint density at radius 1 is 0.622 bits per heavy atom. The molecule has 0 amide bonds. The van der Waals surface area contributed by atoms with Crippen molar-refractivity contribution >= 4 is 45.0 Å². The van der Waals surface area contributed by atoms with Gasteiger partial charge in [-0.15, -0.1) is 0 Å². The van der Waals surface area contributed by atoms with E-state index in [1.807, 2.05) is 0 Å². The smallest absolute Gasteiger partial charge is 0.342 e. The maximum atomic E-state index is 13.4. The lowest BCUT2D eigenvalue weighted by Gasteiger charge is -2.26. The van der Waals surface area contributed by atoms with E-state index in [2.05, 4.69) is 15.9 Å². The van der Waals surface area contributed by atoms with E-state index in [-0.39, 0.29) is 62.0 Å². The fourth-order valence-corrected chi connectivity index (χ4v) is 6.00. The first kappa shape index (κ1) is 31.5. The fourth-order valence-electron chi connectivity index (χ4n) is 5.44. The maximum absolute atomic E-state index is 13.4. The molecule has 0 spiro atoms. The first-order valence-electron chi connectivity index (χ1n) is 14.0. The molecule has 2 aliphatic rings. The molecule has 0 N–H and O–H groups in total. The molecule has 0 aromatic heterocycles. The van der Waals surface area contributed by atoms with Crippen LogP contribution in [0.15, 0.2) is 72.8 Å². The number of carbonyl (C=O) groups is 5. The third-order valence-corrected chi connectivity index (χ3v) is 7.93. The lowest BCUT2D eigenvalue weighted by atomic mass is 9.80. The van der Waals surface area contributed by atoms with Gasteiger partial charge in [-0.05, 0) is 38.5 Å². The summed E-state index contributed by atoms with van der Waals surface area (Å²) in [5.41, 5.74) is 2.55. The quantitative estimate of drug-likeness (QED) is 0.149. The molecule has 2 aliphatic carbocycles. The van der Waals surface area contributed by atoms with Crippen molar-refractivity contribution in [3.05, 3.63) is 128 Å². The first-order chi connectivity index (χ1) is 21.4. The summed E-state index contributed by atoms with van der Waals surface area (Å²) in [6.07, 6.45) is 0. The summed E-state index contributed by atoms with van der Waals surface area (Å²) in [4.78, 5) is 63.7. The molecule has 0 aliphatic heterocycles. The highest BCUT2D eigenvalue weighted by Crippen LogP contribution is 2.40. The predicted molar refractivity (Wildman–Crippen MR) is 170 cm³/mol. The van der Waals surface area contributed by atoms with Crippen LogP contribution >= 0.6 is 15.9 Å². The Bertz CT molecular complexity index is 1810. The average Bonchev–Trinajstić information content (AvgIpc) is 3.04. The summed E-state index contributed by atoms with van der Waals surface area (Å²) in [5, 5.41) is 0.157. The van der Waals surface area contributed by atoms with Crippen molar-refractivity contribution in [3.8, 4) is 11.5 Å². The van der Waals surface area contributed by atoms with E-state index in [4.69, 9.17) is 14.2 Å². The number of rotatable bonds is 4. The molecule has 6 rings (SSSR count). The van der Waals surface area contributed by atoms with E-state index in [0.717, 1.165) is 0 Å². The van der Waals surface area contributed by atoms with Gasteiger partial charge < -0.3 is 14.2 Å². The van der Waals surface area contributed by atoms with E-state index in [0.29, 0.717) is 33.6 Å². The molecule has 228 valence electrons. The Kier molecular flexibility index (Phi) is 8.58. The minimum absolute atomic E-state index is 0.0641. The molecule has 8 nitrogen and oxygen atoms in total. The number of fused-ring (bicyclic) bond motifs is 4. The van der Waals surface area contributed by atoms with Crippen LogP contribution in [0.4, 0.5) is 0 Å². The number of hydrogen-bond donors (Lipinski definition) is 0. The van der Waals surface area contributed by atoms with Crippen LogP contribution in [0.3, 0.4) is 0 Å². The van der Waals surface area contributed by atoms with Crippen LogP contribution in [-0.2, 0) is 10.1 Å². The molecule has 0 fully saturated rings. The average molecular weight is 670 g/mol. The van der Waals surface area contributed by atoms with Gasteiger partial charge in [0, 0.05) is 44.3 Å². The highest BCUT2D eigenvalue weighted by molar-refractivity contribution is 9.08. The van der Waals surface area contributed by atoms with Crippen molar-refractivity contribution in [2.75, 3.05) is 14.2 Å². The van der Waals surface area contributed by atoms with E-state index in [1.54, 1.807) is 87.5 Å². The molecule has 0 radical (unpaired) electrons. The van der Waals surface area contributed by atoms with Crippen molar-refractivity contribution in [2.45, 2.75) is 31.7 Å². The summed E-state index contributed by atoms with van der Waals surface area (Å²) in [6.45, 7) is 5.25. The second kappa shape index (κ2) is 12.2. The fraction of sp³-hybridized carbons (Fsp3) is 0.194. The van der Waals surface area contributed by atoms with Gasteiger partial charge in [0.2, 0.25) is 0 Å². The van der Waals surface area contributed by atoms with Gasteiger partial charge in [0.1, 0.15) is 22.7 Å². The Hall–Kier alpha value is -4.89. The minimum Gasteiger partial charge on any atom is -0.496 e. The van der Waals surface area contributed by atoms with E-state index in [9.17, 15) is 24.0 Å². The number of methoxy groups -OCH3 is 2. The van der Waals surface area contributed by atoms with Crippen molar-refractivity contribution in [1.82, 2.24) is 0 Å². The van der Waals surface area contributed by atoms with Crippen LogP contribution in [0.5, 0.6) is 11.5 Å². The lowest BCUT2D eigenvalue weighted by Crippen LogP contribution is -2.28. The molecule has 0 saturated heterocycles. The highest BCUT2D eigenvalue weighted by Gasteiger charge is 2.38. The normalized spacial score (nSPS) is 13.0. The van der Waals surface area contributed by atoms with Gasteiger partial charge in [0.15, 0.2) is 23.1 Å². The largest absolute Gasteiger partial charge is 0.496 e. The Labute approximate surface area is 268 Å². The van der Waals surface area contributed by atoms with Crippen molar-refractivity contribution < 1.29 is 38.2 Å². The topological polar surface area (TPSA) is 113 Å². The number of carbonyl (C=O) groups excluding carboxylic acids is 5. The molecule has 0 atom stereocenters. The second-order valence-electron chi connectivity index (χ2n) is 11.3. The van der Waals surface area contributed by atoms with Gasteiger partial charge >= 0.3 is 5.97 Å². The first-order valence-corrected chi connectivity index (χ1v) is 15.1. The molecule has 45 heavy (non-hydrogen) atoms. The number of halogens is 1. The van der Waals surface area contributed by atoms with Crippen LogP contribution < -0.4 is 9.47 Å². The van der Waals surface area contributed by atoms with Gasteiger partial charge in [-0.3, -0.25) is 19.2 Å². The molecular formula is C36H29BrO8. The highest BCUT2D eigenvalue weighted by atomic mass is 79.9. The zero-order chi connectivity index (χ0) is 32.6. The molecule has 0 saturated carbocycles. The predicted octanol–water partition coefficient (Wildman–Crippen LogP) is 6.79. The van der Waals surface area contributed by atoms with Gasteiger partial charge in [-0.2, -0.15) is 0 Å². The van der Waals surface area contributed by atoms with E-state index < -0.39 is 11.6 Å². The Morgan fingerprint density at radius 2 is 1.09 bits per heavy atom. The van der Waals surface area contributed by atoms with Crippen molar-refractivity contribution in [2.24, 2.45) is 0 Å². The van der Waals surface area contributed by atoms with Crippen LogP contribution in [0.2, 0.25) is 0 Å². The number of hydrogen-bond acceptors (Lipinski definition) is 8. The summed E-state index contributed by atoms with van der Waals surface area (Å²) in [6, 6.07) is 20.2. The molecule has 4 aromatic carbocycles. The third-order valence-electron chi connectivity index (χ3n) is 7.37. The van der Waals surface area contributed by atoms with E-state index >= 15 is 0 Å². The number of ether oxygens (including phenoxy) is 3. The zero-order valence-electron chi connectivity index (χ0n) is 25.3. The number of ketones is 4. The molecule has 0 heterocycles. The SMILES string of the molecule is COc1cccc2c1C(=O)c1c(cc(OC)c(C(=O)OC(C)(C)C)c1CBr)C2=O.O=C1c2ccccc2C(=O)c2ccccc21. The number of esters is 1. The number of alkyl halides is 1. The molecule has 0 unspecified atom stereocenters. The number of benzene rings is 4. The zero-order valence-corrected chi connectivity index (χ0v) is 26.9. The van der Waals surface area contributed by atoms with Gasteiger partial charge in [0.05, 0.1) is 19.8 Å². The molecular weight excluding hydrogens is 640 g/mol. The maximum Gasteiger partial charge on any atom is 0.342 e. The summed E-state index contributed by atoms with van der Waals surface area (Å²) < 4.78 is 16.2. The van der Waals surface area contributed by atoms with Crippen molar-refractivity contribution in [3.63, 3.8) is 0 Å². The summed E-state index contributed by atoms with van der Waals surface area (Å²) in [5.74, 6) is -0.977. The van der Waals surface area contributed by atoms with Gasteiger partial charge in [-0.25, -0.2) is 4.79 Å². The molecule has 9 heteroatoms. The Balaban J connectivity index is 0.000000209. The Morgan fingerprint density at radius 3 is 1.53 bits per heavy atom.